The summed E-state index contributed by atoms with van der Waals surface area (Å²) in [6.07, 6.45) is 0.0397. The number of phenolic OH excluding ortho intramolecular Hbond substituents is 1. The maximum Gasteiger partial charge on any atom is 0.255 e. The molecule has 12 heteroatoms. The fourth-order valence-electron chi connectivity index (χ4n) is 6.58. The predicted octanol–water partition coefficient (Wildman–Crippen LogP) is 2.13. The van der Waals surface area contributed by atoms with Crippen LogP contribution in [0.25, 0.3) is 11.1 Å². The first-order chi connectivity index (χ1) is 19.1. The van der Waals surface area contributed by atoms with Gasteiger partial charge in [-0.25, -0.2) is 8.78 Å². The molecule has 0 saturated carbocycles. The van der Waals surface area contributed by atoms with Crippen LogP contribution in [0.1, 0.15) is 22.3 Å². The number of primary amides is 1. The average Bonchev–Trinajstić information content (AvgIpc) is 2.87. The standard InChI is InChI=1S/C29H29F2N3O7/c1-33(2)18-10-13(11-5-6-16(30)17(31)9-11)23(35)20-14(18)7-12-8-15-22(34(3)4)25(37)21(28(32)40)27(39)29(15,41)26(38)19(12)24(20)36/h5-6,9-10,12,15,22,35,37-38,41H,7-8H2,1-4H3,(H2,32,40)/t12-,15-,22+,29+/m1/s1. The Hall–Kier alpha value is -4.29. The number of carbonyl (C=O) groups excluding carboxylic acids is 3. The molecule has 0 radical (unpaired) electrons. The minimum atomic E-state index is -2.76. The number of halogens is 2. The highest BCUT2D eigenvalue weighted by atomic mass is 19.2. The van der Waals surface area contributed by atoms with E-state index in [4.69, 9.17) is 5.73 Å². The number of ketones is 2. The van der Waals surface area contributed by atoms with Crippen molar-refractivity contribution in [1.82, 2.24) is 4.90 Å². The zero-order valence-corrected chi connectivity index (χ0v) is 22.7. The number of rotatable bonds is 4. The maximum absolute atomic E-state index is 14.1. The van der Waals surface area contributed by atoms with Gasteiger partial charge in [-0.3, -0.25) is 19.3 Å². The number of hydrogen-bond donors (Lipinski definition) is 5. The number of aliphatic hydroxyl groups excluding tert-OH is 2. The molecule has 3 aliphatic rings. The van der Waals surface area contributed by atoms with Gasteiger partial charge in [0.1, 0.15) is 22.8 Å². The van der Waals surface area contributed by atoms with Gasteiger partial charge in [-0.1, -0.05) is 6.07 Å². The largest absolute Gasteiger partial charge is 0.510 e. The zero-order valence-electron chi connectivity index (χ0n) is 22.7. The number of aromatic hydroxyl groups is 1. The van der Waals surface area contributed by atoms with Gasteiger partial charge >= 0.3 is 0 Å². The summed E-state index contributed by atoms with van der Waals surface area (Å²) < 4.78 is 27.7. The predicted molar refractivity (Wildman–Crippen MR) is 143 cm³/mol. The molecule has 3 aliphatic carbocycles. The Kier molecular flexibility index (Phi) is 6.47. The molecular weight excluding hydrogens is 540 g/mol. The summed E-state index contributed by atoms with van der Waals surface area (Å²) in [5.41, 5.74) is 2.18. The first-order valence-corrected chi connectivity index (χ1v) is 12.8. The third-order valence-electron chi connectivity index (χ3n) is 8.41. The fraction of sp³-hybridized carbons (Fsp3) is 0.345. The number of allylic oxidation sites excluding steroid dienone is 1. The number of nitrogens with zero attached hydrogens (tertiary/aromatic N) is 2. The van der Waals surface area contributed by atoms with Crippen molar-refractivity contribution in [3.05, 3.63) is 69.7 Å². The third-order valence-corrected chi connectivity index (χ3v) is 8.41. The summed E-state index contributed by atoms with van der Waals surface area (Å²) in [5, 5.41) is 45.4. The van der Waals surface area contributed by atoms with Gasteiger partial charge in [-0.15, -0.1) is 0 Å². The van der Waals surface area contributed by atoms with E-state index < -0.39 is 75.4 Å². The lowest BCUT2D eigenvalue weighted by atomic mass is 9.58. The topological polar surface area (TPSA) is 165 Å². The molecule has 0 saturated heterocycles. The van der Waals surface area contributed by atoms with Gasteiger partial charge in [-0.2, -0.15) is 0 Å². The number of likely N-dealkylation sites (N-methyl/N-ethyl adjacent to an activating group) is 1. The first kappa shape index (κ1) is 28.2. The highest BCUT2D eigenvalue weighted by Crippen LogP contribution is 2.54. The Balaban J connectivity index is 1.76. The average molecular weight is 570 g/mol. The van der Waals surface area contributed by atoms with Crippen LogP contribution in [0.4, 0.5) is 14.5 Å². The highest BCUT2D eigenvalue weighted by molar-refractivity contribution is 6.25. The molecule has 0 unspecified atom stereocenters. The molecule has 0 aromatic heterocycles. The molecule has 10 nitrogen and oxygen atoms in total. The lowest BCUT2D eigenvalue weighted by Gasteiger charge is -2.50. The molecule has 0 heterocycles. The van der Waals surface area contributed by atoms with Gasteiger partial charge in [0.25, 0.3) is 5.91 Å². The molecule has 2 aromatic rings. The molecule has 1 amide bonds. The summed E-state index contributed by atoms with van der Waals surface area (Å²) in [6.45, 7) is 0. The Morgan fingerprint density at radius 2 is 1.71 bits per heavy atom. The molecule has 216 valence electrons. The maximum atomic E-state index is 14.1. The van der Waals surface area contributed by atoms with E-state index in [-0.39, 0.29) is 35.1 Å². The number of benzene rings is 2. The number of aliphatic hydroxyl groups is 3. The monoisotopic (exact) mass is 569 g/mol. The van der Waals surface area contributed by atoms with Crippen LogP contribution in [0.5, 0.6) is 5.75 Å². The zero-order chi connectivity index (χ0) is 30.3. The smallest absolute Gasteiger partial charge is 0.255 e. The van der Waals surface area contributed by atoms with E-state index >= 15 is 0 Å². The number of phenols is 1. The van der Waals surface area contributed by atoms with Crippen LogP contribution in [0.3, 0.4) is 0 Å². The number of hydrogen-bond acceptors (Lipinski definition) is 9. The SMILES string of the molecule is CN(C)c1cc(-c2ccc(F)c(F)c2)c(O)c2c1C[C@@H]1C[C@@H]3[C@H](N(C)C)C(O)=C(C(N)=O)C(=O)[C@@]3(O)C(O)=C1C2=O. The first-order valence-electron chi connectivity index (χ1n) is 12.8. The molecule has 41 heavy (non-hydrogen) atoms. The second-order valence-corrected chi connectivity index (χ2v) is 11.1. The molecule has 5 rings (SSSR count). The van der Waals surface area contributed by atoms with Crippen LogP contribution in [0, 0.1) is 23.5 Å². The van der Waals surface area contributed by atoms with E-state index in [1.54, 1.807) is 39.2 Å². The molecule has 6 N–H and O–H groups in total. The van der Waals surface area contributed by atoms with Crippen LogP contribution in [0.2, 0.25) is 0 Å². The second kappa shape index (κ2) is 9.38. The van der Waals surface area contributed by atoms with Gasteiger partial charge < -0.3 is 31.1 Å². The van der Waals surface area contributed by atoms with E-state index in [1.807, 2.05) is 0 Å². The van der Waals surface area contributed by atoms with Crippen molar-refractivity contribution in [2.75, 3.05) is 33.1 Å². The molecular formula is C29H29F2N3O7. The molecule has 0 bridgehead atoms. The number of nitrogens with two attached hydrogens (primary N) is 1. The van der Waals surface area contributed by atoms with E-state index in [0.717, 1.165) is 12.1 Å². The quantitative estimate of drug-likeness (QED) is 0.347. The van der Waals surface area contributed by atoms with Crippen LogP contribution in [0.15, 0.2) is 46.9 Å². The van der Waals surface area contributed by atoms with Gasteiger partial charge in [0, 0.05) is 36.8 Å². The fourth-order valence-corrected chi connectivity index (χ4v) is 6.58. The van der Waals surface area contributed by atoms with E-state index in [1.165, 1.54) is 11.0 Å². The number of anilines is 1. The summed E-state index contributed by atoms with van der Waals surface area (Å²) in [4.78, 5) is 42.8. The minimum absolute atomic E-state index is 0.0240. The van der Waals surface area contributed by atoms with Crippen LogP contribution in [-0.2, 0) is 16.0 Å². The van der Waals surface area contributed by atoms with Gasteiger partial charge in [0.2, 0.25) is 5.78 Å². The second-order valence-electron chi connectivity index (χ2n) is 11.1. The normalized spacial score (nSPS) is 25.7. The number of Topliss-reactive ketones (excluding diaryl/α,β-unsaturated/α-hetero) is 2. The molecule has 4 atom stereocenters. The van der Waals surface area contributed by atoms with Crippen molar-refractivity contribution in [2.45, 2.75) is 24.5 Å². The van der Waals surface area contributed by atoms with Crippen molar-refractivity contribution in [3.63, 3.8) is 0 Å². The van der Waals surface area contributed by atoms with Crippen LogP contribution in [-0.4, -0.2) is 82.6 Å². The van der Waals surface area contributed by atoms with E-state index in [9.17, 15) is 43.6 Å². The minimum Gasteiger partial charge on any atom is -0.510 e. The van der Waals surface area contributed by atoms with Crippen molar-refractivity contribution in [3.8, 4) is 16.9 Å². The summed E-state index contributed by atoms with van der Waals surface area (Å²) in [5.74, 6) is -9.85. The summed E-state index contributed by atoms with van der Waals surface area (Å²) in [7, 11) is 6.50. The molecule has 0 fully saturated rings. The number of carbonyl (C=O) groups is 3. The van der Waals surface area contributed by atoms with Gasteiger partial charge in [0.05, 0.1) is 11.6 Å². The Morgan fingerprint density at radius 3 is 2.27 bits per heavy atom. The Labute approximate surface area is 233 Å². The highest BCUT2D eigenvalue weighted by Gasteiger charge is 2.63. The number of amides is 1. The third kappa shape index (κ3) is 3.85. The lowest BCUT2D eigenvalue weighted by Crippen LogP contribution is -2.63. The van der Waals surface area contributed by atoms with Crippen molar-refractivity contribution < 1.29 is 43.6 Å². The van der Waals surface area contributed by atoms with E-state index in [2.05, 4.69) is 0 Å². The van der Waals surface area contributed by atoms with Crippen molar-refractivity contribution >= 4 is 23.2 Å². The Bertz CT molecular complexity index is 1610. The van der Waals surface area contributed by atoms with Crippen molar-refractivity contribution in [2.24, 2.45) is 17.6 Å². The molecule has 0 spiro atoms. The van der Waals surface area contributed by atoms with E-state index in [0.29, 0.717) is 11.3 Å². The molecule has 2 aromatic carbocycles. The summed E-state index contributed by atoms with van der Waals surface area (Å²) >= 11 is 0. The van der Waals surface area contributed by atoms with Crippen molar-refractivity contribution in [1.29, 1.82) is 0 Å². The van der Waals surface area contributed by atoms with Gasteiger partial charge in [0.15, 0.2) is 23.0 Å². The Morgan fingerprint density at radius 1 is 1.05 bits per heavy atom. The van der Waals surface area contributed by atoms with Crippen LogP contribution >= 0.6 is 0 Å². The number of fused-ring (bicyclic) bond motifs is 3. The van der Waals surface area contributed by atoms with Crippen LogP contribution < -0.4 is 10.6 Å². The summed E-state index contributed by atoms with van der Waals surface area (Å²) in [6, 6.07) is 3.45. The lowest BCUT2D eigenvalue weighted by molar-refractivity contribution is -0.148. The molecule has 0 aliphatic heterocycles. The van der Waals surface area contributed by atoms with Gasteiger partial charge in [-0.05, 0) is 62.2 Å².